The molecule has 1 aromatic heterocycles. The number of anilines is 1. The Labute approximate surface area is 203 Å². The van der Waals surface area contributed by atoms with Gasteiger partial charge in [-0.1, -0.05) is 32.0 Å². The molecule has 0 aliphatic carbocycles. The normalized spacial score (nSPS) is 14.5. The Bertz CT molecular complexity index is 949. The molecular formula is C26H39N5O3. The third-order valence-corrected chi connectivity index (χ3v) is 6.10. The molecule has 1 aliphatic rings. The van der Waals surface area contributed by atoms with Gasteiger partial charge in [0.2, 0.25) is 5.91 Å². The monoisotopic (exact) mass is 469 g/mol. The van der Waals surface area contributed by atoms with Crippen LogP contribution in [0.4, 0.5) is 5.82 Å². The molecule has 2 aromatic rings. The van der Waals surface area contributed by atoms with Crippen LogP contribution >= 0.6 is 0 Å². The van der Waals surface area contributed by atoms with Crippen molar-refractivity contribution in [3.8, 4) is 5.69 Å². The molecule has 34 heavy (non-hydrogen) atoms. The Balaban J connectivity index is 1.93. The highest BCUT2D eigenvalue weighted by Gasteiger charge is 2.27. The molecule has 0 saturated carbocycles. The fourth-order valence-corrected chi connectivity index (χ4v) is 4.31. The first-order valence-corrected chi connectivity index (χ1v) is 12.3. The number of hydrogen-bond donors (Lipinski definition) is 0. The third-order valence-electron chi connectivity index (χ3n) is 6.10. The van der Waals surface area contributed by atoms with E-state index in [9.17, 15) is 9.59 Å². The molecule has 1 aliphatic heterocycles. The van der Waals surface area contributed by atoms with Crippen molar-refractivity contribution in [1.29, 1.82) is 0 Å². The predicted molar refractivity (Wildman–Crippen MR) is 134 cm³/mol. The smallest absolute Gasteiger partial charge is 0.306 e. The standard InChI is InChI=1S/C26H39N5O3/c1-6-34-25(33)13-12-24(32)30(18-20(2)3)19-23-21(4)27-31(22-10-8-7-9-11-22)26(23)29-16-14-28(5)15-17-29/h7-11,20H,6,12-19H2,1-5H3. The summed E-state index contributed by atoms with van der Waals surface area (Å²) >= 11 is 0. The van der Waals surface area contributed by atoms with Gasteiger partial charge in [-0.3, -0.25) is 9.59 Å². The van der Waals surface area contributed by atoms with Crippen LogP contribution in [-0.2, 0) is 20.9 Å². The Morgan fingerprint density at radius 3 is 2.38 bits per heavy atom. The zero-order valence-electron chi connectivity index (χ0n) is 21.3. The number of esters is 1. The largest absolute Gasteiger partial charge is 0.466 e. The van der Waals surface area contributed by atoms with Crippen molar-refractivity contribution in [2.75, 3.05) is 51.3 Å². The average Bonchev–Trinajstić information content (AvgIpc) is 3.14. The summed E-state index contributed by atoms with van der Waals surface area (Å²) in [6.07, 6.45) is 0.260. The van der Waals surface area contributed by atoms with E-state index in [0.717, 1.165) is 48.9 Å². The van der Waals surface area contributed by atoms with Crippen LogP contribution in [0.25, 0.3) is 5.69 Å². The molecule has 2 heterocycles. The maximum atomic E-state index is 13.2. The molecule has 0 bridgehead atoms. The molecule has 0 radical (unpaired) electrons. The van der Waals surface area contributed by atoms with E-state index in [-0.39, 0.29) is 24.7 Å². The third kappa shape index (κ3) is 6.59. The van der Waals surface area contributed by atoms with Gasteiger partial charge in [0, 0.05) is 44.7 Å². The van der Waals surface area contributed by atoms with Gasteiger partial charge in [0.1, 0.15) is 5.82 Å². The zero-order valence-corrected chi connectivity index (χ0v) is 21.3. The summed E-state index contributed by atoms with van der Waals surface area (Å²) in [6, 6.07) is 10.2. The van der Waals surface area contributed by atoms with Gasteiger partial charge in [-0.15, -0.1) is 0 Å². The van der Waals surface area contributed by atoms with Crippen LogP contribution in [0.15, 0.2) is 30.3 Å². The number of benzene rings is 1. The van der Waals surface area contributed by atoms with E-state index in [2.05, 4.69) is 42.8 Å². The maximum absolute atomic E-state index is 13.2. The van der Waals surface area contributed by atoms with Crippen LogP contribution in [-0.4, -0.2) is 77.8 Å². The van der Waals surface area contributed by atoms with Crippen LogP contribution < -0.4 is 4.90 Å². The zero-order chi connectivity index (χ0) is 24.7. The molecule has 186 valence electrons. The van der Waals surface area contributed by atoms with Gasteiger partial charge in [-0.2, -0.15) is 5.10 Å². The Kier molecular flexibility index (Phi) is 9.10. The molecule has 8 heteroatoms. The van der Waals surface area contributed by atoms with Crippen molar-refractivity contribution in [2.24, 2.45) is 5.92 Å². The van der Waals surface area contributed by atoms with E-state index in [1.165, 1.54) is 0 Å². The molecule has 8 nitrogen and oxygen atoms in total. The quantitative estimate of drug-likeness (QED) is 0.498. The summed E-state index contributed by atoms with van der Waals surface area (Å²) in [7, 11) is 2.14. The fraction of sp³-hybridized carbons (Fsp3) is 0.577. The molecule has 1 fully saturated rings. The van der Waals surface area contributed by atoms with Crippen molar-refractivity contribution in [3.63, 3.8) is 0 Å². The van der Waals surface area contributed by atoms with Crippen molar-refractivity contribution in [3.05, 3.63) is 41.6 Å². The van der Waals surface area contributed by atoms with Crippen molar-refractivity contribution in [1.82, 2.24) is 19.6 Å². The molecule has 0 atom stereocenters. The molecule has 1 saturated heterocycles. The Morgan fingerprint density at radius 2 is 1.76 bits per heavy atom. The minimum atomic E-state index is -0.327. The van der Waals surface area contributed by atoms with E-state index in [0.29, 0.717) is 25.6 Å². The van der Waals surface area contributed by atoms with E-state index >= 15 is 0 Å². The fourth-order valence-electron chi connectivity index (χ4n) is 4.31. The summed E-state index contributed by atoms with van der Waals surface area (Å²) in [4.78, 5) is 31.6. The summed E-state index contributed by atoms with van der Waals surface area (Å²) < 4.78 is 7.04. The molecule has 0 unspecified atom stereocenters. The number of nitrogens with zero attached hydrogens (tertiary/aromatic N) is 5. The van der Waals surface area contributed by atoms with Crippen molar-refractivity contribution in [2.45, 2.75) is 47.1 Å². The number of likely N-dealkylation sites (N-methyl/N-ethyl adjacent to an activating group) is 1. The van der Waals surface area contributed by atoms with E-state index in [1.807, 2.05) is 34.7 Å². The lowest BCUT2D eigenvalue weighted by atomic mass is 10.1. The second-order valence-electron chi connectivity index (χ2n) is 9.40. The van der Waals surface area contributed by atoms with Crippen molar-refractivity contribution < 1.29 is 14.3 Å². The van der Waals surface area contributed by atoms with Crippen LogP contribution in [0.3, 0.4) is 0 Å². The van der Waals surface area contributed by atoms with Gasteiger partial charge in [0.05, 0.1) is 31.0 Å². The van der Waals surface area contributed by atoms with E-state index in [1.54, 1.807) is 6.92 Å². The first-order chi connectivity index (χ1) is 16.3. The van der Waals surface area contributed by atoms with E-state index in [4.69, 9.17) is 9.84 Å². The van der Waals surface area contributed by atoms with Crippen LogP contribution in [0.5, 0.6) is 0 Å². The van der Waals surface area contributed by atoms with Crippen molar-refractivity contribution >= 4 is 17.7 Å². The first-order valence-electron chi connectivity index (χ1n) is 12.3. The lowest BCUT2D eigenvalue weighted by Gasteiger charge is -2.35. The average molecular weight is 470 g/mol. The minimum absolute atomic E-state index is 0.0297. The number of aryl methyl sites for hydroxylation is 1. The number of piperazine rings is 1. The second kappa shape index (κ2) is 12.0. The molecule has 3 rings (SSSR count). The highest BCUT2D eigenvalue weighted by atomic mass is 16.5. The number of carbonyl (C=O) groups excluding carboxylic acids is 2. The molecule has 0 N–H and O–H groups in total. The van der Waals surface area contributed by atoms with Gasteiger partial charge in [0.15, 0.2) is 0 Å². The molecule has 1 amide bonds. The molecule has 0 spiro atoms. The van der Waals surface area contributed by atoms with Crippen LogP contribution in [0, 0.1) is 12.8 Å². The summed E-state index contributed by atoms with van der Waals surface area (Å²) in [5.74, 6) is 1.01. The second-order valence-corrected chi connectivity index (χ2v) is 9.40. The summed E-state index contributed by atoms with van der Waals surface area (Å²) in [5, 5.41) is 4.91. The van der Waals surface area contributed by atoms with Crippen LogP contribution in [0.2, 0.25) is 0 Å². The highest BCUT2D eigenvalue weighted by Crippen LogP contribution is 2.30. The highest BCUT2D eigenvalue weighted by molar-refractivity contribution is 5.81. The number of amides is 1. The van der Waals surface area contributed by atoms with Gasteiger partial charge in [-0.05, 0) is 38.9 Å². The Hall–Kier alpha value is -2.87. The van der Waals surface area contributed by atoms with Crippen LogP contribution in [0.1, 0.15) is 44.9 Å². The summed E-state index contributed by atoms with van der Waals surface area (Å²) in [6.45, 7) is 13.2. The van der Waals surface area contributed by atoms with Gasteiger partial charge >= 0.3 is 5.97 Å². The lowest BCUT2D eigenvalue weighted by Crippen LogP contribution is -2.45. The minimum Gasteiger partial charge on any atom is -0.466 e. The number of hydrogen-bond acceptors (Lipinski definition) is 6. The topological polar surface area (TPSA) is 70.9 Å². The molecule has 1 aromatic carbocycles. The van der Waals surface area contributed by atoms with E-state index < -0.39 is 0 Å². The number of carbonyl (C=O) groups is 2. The molecular weight excluding hydrogens is 430 g/mol. The first kappa shape index (κ1) is 25.7. The SMILES string of the molecule is CCOC(=O)CCC(=O)N(Cc1c(C)nn(-c2ccccc2)c1N1CCN(C)CC1)CC(C)C. The number of aromatic nitrogens is 2. The number of ether oxygens (including phenoxy) is 1. The number of rotatable bonds is 10. The van der Waals surface area contributed by atoms with Gasteiger partial charge in [-0.25, -0.2) is 4.68 Å². The van der Waals surface area contributed by atoms with Gasteiger partial charge in [0.25, 0.3) is 0 Å². The predicted octanol–water partition coefficient (Wildman–Crippen LogP) is 3.26. The van der Waals surface area contributed by atoms with Gasteiger partial charge < -0.3 is 19.4 Å². The summed E-state index contributed by atoms with van der Waals surface area (Å²) in [5.41, 5.74) is 3.00. The maximum Gasteiger partial charge on any atom is 0.306 e. The lowest BCUT2D eigenvalue weighted by molar-refractivity contribution is -0.145. The Morgan fingerprint density at radius 1 is 1.09 bits per heavy atom. The number of para-hydroxylation sites is 1.